The van der Waals surface area contributed by atoms with Crippen LogP contribution in [-0.2, 0) is 9.31 Å². The second-order valence-electron chi connectivity index (χ2n) is 6.21. The molecule has 1 aliphatic carbocycles. The average molecular weight is 222 g/mol. The van der Waals surface area contributed by atoms with E-state index in [4.69, 9.17) is 9.31 Å². The van der Waals surface area contributed by atoms with Gasteiger partial charge in [-0.25, -0.2) is 0 Å². The van der Waals surface area contributed by atoms with Crippen LogP contribution in [0.3, 0.4) is 0 Å². The molecule has 0 saturated carbocycles. The highest BCUT2D eigenvalue weighted by Crippen LogP contribution is 2.43. The molecule has 16 heavy (non-hydrogen) atoms. The summed E-state index contributed by atoms with van der Waals surface area (Å²) < 4.78 is 12.2. The van der Waals surface area contributed by atoms with Gasteiger partial charge in [0.2, 0.25) is 0 Å². The van der Waals surface area contributed by atoms with Crippen molar-refractivity contribution in [1.82, 2.24) is 0 Å². The summed E-state index contributed by atoms with van der Waals surface area (Å²) in [7, 11) is -0.0191. The van der Waals surface area contributed by atoms with Gasteiger partial charge in [-0.05, 0) is 59.7 Å². The average Bonchev–Trinajstić information content (AvgIpc) is 2.37. The molecule has 0 unspecified atom stereocenters. The van der Waals surface area contributed by atoms with Crippen molar-refractivity contribution in [3.63, 3.8) is 0 Å². The van der Waals surface area contributed by atoms with Crippen molar-refractivity contribution in [2.75, 3.05) is 0 Å². The van der Waals surface area contributed by atoms with E-state index in [1.165, 1.54) is 18.4 Å². The van der Waals surface area contributed by atoms with Gasteiger partial charge >= 0.3 is 7.12 Å². The summed E-state index contributed by atoms with van der Waals surface area (Å²) >= 11 is 0. The van der Waals surface area contributed by atoms with Crippen molar-refractivity contribution >= 4 is 7.12 Å². The van der Waals surface area contributed by atoms with Gasteiger partial charge in [0.1, 0.15) is 0 Å². The van der Waals surface area contributed by atoms with Gasteiger partial charge in [-0.2, -0.15) is 0 Å². The van der Waals surface area contributed by atoms with Crippen molar-refractivity contribution in [1.29, 1.82) is 0 Å². The molecule has 0 radical (unpaired) electrons. The molecule has 0 aromatic rings. The van der Waals surface area contributed by atoms with E-state index in [0.29, 0.717) is 5.82 Å². The van der Waals surface area contributed by atoms with E-state index in [9.17, 15) is 0 Å². The van der Waals surface area contributed by atoms with Crippen LogP contribution in [0.1, 0.15) is 53.9 Å². The second kappa shape index (κ2) is 3.88. The highest BCUT2D eigenvalue weighted by atomic mass is 16.7. The molecule has 1 aliphatic heterocycles. The maximum atomic E-state index is 6.09. The Bertz CT molecular complexity index is 291. The smallest absolute Gasteiger partial charge is 0.403 e. The SMILES string of the molecule is CC1=CC[C@@H](B2OC(C)(C)C(C)(C)O2)CC1. The Morgan fingerprint density at radius 2 is 1.75 bits per heavy atom. The predicted molar refractivity (Wildman–Crippen MR) is 67.4 cm³/mol. The third-order valence-corrected chi connectivity index (χ3v) is 4.33. The Morgan fingerprint density at radius 1 is 1.19 bits per heavy atom. The first kappa shape index (κ1) is 12.2. The van der Waals surface area contributed by atoms with E-state index in [-0.39, 0.29) is 18.3 Å². The molecular weight excluding hydrogens is 199 g/mol. The largest absolute Gasteiger partial charge is 0.461 e. The quantitative estimate of drug-likeness (QED) is 0.498. The maximum absolute atomic E-state index is 6.09. The fourth-order valence-corrected chi connectivity index (χ4v) is 2.31. The van der Waals surface area contributed by atoms with Crippen molar-refractivity contribution in [2.45, 2.75) is 70.9 Å². The summed E-state index contributed by atoms with van der Waals surface area (Å²) in [5.41, 5.74) is 1.13. The molecule has 2 rings (SSSR count). The monoisotopic (exact) mass is 222 g/mol. The normalized spacial score (nSPS) is 32.7. The van der Waals surface area contributed by atoms with E-state index in [2.05, 4.69) is 40.7 Å². The summed E-state index contributed by atoms with van der Waals surface area (Å²) in [5.74, 6) is 0.532. The Balaban J connectivity index is 2.04. The summed E-state index contributed by atoms with van der Waals surface area (Å²) in [6, 6.07) is 0. The fraction of sp³-hybridized carbons (Fsp3) is 0.846. The van der Waals surface area contributed by atoms with Crippen LogP contribution in [-0.4, -0.2) is 18.3 Å². The van der Waals surface area contributed by atoms with Crippen LogP contribution >= 0.6 is 0 Å². The molecule has 0 aromatic heterocycles. The lowest BCUT2D eigenvalue weighted by Crippen LogP contribution is -2.41. The first-order valence-corrected chi connectivity index (χ1v) is 6.33. The van der Waals surface area contributed by atoms with Crippen LogP contribution in [0.15, 0.2) is 11.6 Å². The zero-order valence-electron chi connectivity index (χ0n) is 11.2. The second-order valence-corrected chi connectivity index (χ2v) is 6.21. The van der Waals surface area contributed by atoms with Gasteiger partial charge in [0.15, 0.2) is 0 Å². The lowest BCUT2D eigenvalue weighted by atomic mass is 9.65. The molecule has 0 N–H and O–H groups in total. The summed E-state index contributed by atoms with van der Waals surface area (Å²) in [6.45, 7) is 10.7. The van der Waals surface area contributed by atoms with Gasteiger partial charge in [0, 0.05) is 0 Å². The molecular formula is C13H23BO2. The molecule has 90 valence electrons. The van der Waals surface area contributed by atoms with E-state index in [1.807, 2.05) is 0 Å². The van der Waals surface area contributed by atoms with Gasteiger partial charge in [-0.15, -0.1) is 0 Å². The Kier molecular flexibility index (Phi) is 2.96. The molecule has 0 bridgehead atoms. The lowest BCUT2D eigenvalue weighted by molar-refractivity contribution is 0.00578. The summed E-state index contributed by atoms with van der Waals surface area (Å²) in [5, 5.41) is 0. The molecule has 1 saturated heterocycles. The predicted octanol–water partition coefficient (Wildman–Crippen LogP) is 3.58. The Labute approximate surface area is 99.5 Å². The molecule has 1 heterocycles. The third kappa shape index (κ3) is 2.08. The van der Waals surface area contributed by atoms with Crippen LogP contribution < -0.4 is 0 Å². The summed E-state index contributed by atoms with van der Waals surface area (Å²) in [6.07, 6.45) is 5.82. The molecule has 0 spiro atoms. The zero-order valence-corrected chi connectivity index (χ0v) is 11.2. The Hall–Kier alpha value is -0.275. The van der Waals surface area contributed by atoms with Crippen molar-refractivity contribution in [3.8, 4) is 0 Å². The molecule has 0 aromatic carbocycles. The van der Waals surface area contributed by atoms with Crippen molar-refractivity contribution in [2.24, 2.45) is 0 Å². The van der Waals surface area contributed by atoms with Crippen LogP contribution in [0.25, 0.3) is 0 Å². The minimum absolute atomic E-state index is 0.0191. The van der Waals surface area contributed by atoms with Gasteiger partial charge in [-0.3, -0.25) is 0 Å². The van der Waals surface area contributed by atoms with Gasteiger partial charge < -0.3 is 9.31 Å². The molecule has 2 nitrogen and oxygen atoms in total. The van der Waals surface area contributed by atoms with Crippen molar-refractivity contribution < 1.29 is 9.31 Å². The number of hydrogen-bond donors (Lipinski definition) is 0. The summed E-state index contributed by atoms with van der Waals surface area (Å²) in [4.78, 5) is 0. The van der Waals surface area contributed by atoms with E-state index in [0.717, 1.165) is 6.42 Å². The number of allylic oxidation sites excluding steroid dienone is 2. The van der Waals surface area contributed by atoms with Crippen LogP contribution in [0.2, 0.25) is 5.82 Å². The molecule has 1 atom stereocenters. The molecule has 1 fully saturated rings. The lowest BCUT2D eigenvalue weighted by Gasteiger charge is -2.32. The molecule has 0 amide bonds. The molecule has 3 heteroatoms. The Morgan fingerprint density at radius 3 is 2.19 bits per heavy atom. The first-order valence-electron chi connectivity index (χ1n) is 6.33. The fourth-order valence-electron chi connectivity index (χ4n) is 2.31. The van der Waals surface area contributed by atoms with E-state index < -0.39 is 0 Å². The number of hydrogen-bond acceptors (Lipinski definition) is 2. The van der Waals surface area contributed by atoms with Crippen LogP contribution in [0.4, 0.5) is 0 Å². The highest BCUT2D eigenvalue weighted by Gasteiger charge is 2.53. The zero-order chi connectivity index (χ0) is 12.0. The minimum atomic E-state index is -0.187. The number of rotatable bonds is 1. The van der Waals surface area contributed by atoms with E-state index >= 15 is 0 Å². The third-order valence-electron chi connectivity index (χ3n) is 4.33. The van der Waals surface area contributed by atoms with E-state index in [1.54, 1.807) is 0 Å². The molecule has 2 aliphatic rings. The standard InChI is InChI=1S/C13H23BO2/c1-10-6-8-11(9-7-10)14-15-12(2,3)13(4,5)16-14/h6,11H,7-9H2,1-5H3/t11-/m1/s1. The van der Waals surface area contributed by atoms with Gasteiger partial charge in [0.05, 0.1) is 11.2 Å². The van der Waals surface area contributed by atoms with Crippen molar-refractivity contribution in [3.05, 3.63) is 11.6 Å². The van der Waals surface area contributed by atoms with Gasteiger partial charge in [-0.1, -0.05) is 11.6 Å². The van der Waals surface area contributed by atoms with Gasteiger partial charge in [0.25, 0.3) is 0 Å². The first-order chi connectivity index (χ1) is 7.32. The topological polar surface area (TPSA) is 18.5 Å². The minimum Gasteiger partial charge on any atom is -0.403 e. The van der Waals surface area contributed by atoms with Crippen LogP contribution in [0.5, 0.6) is 0 Å². The maximum Gasteiger partial charge on any atom is 0.461 e. The van der Waals surface area contributed by atoms with Crippen LogP contribution in [0, 0.1) is 0 Å². The highest BCUT2D eigenvalue weighted by molar-refractivity contribution is 6.47.